The molecule has 0 atom stereocenters. The number of aromatic nitrogens is 3. The smallest absolute Gasteiger partial charge is 0.434 e. The molecule has 2 aromatic heterocycles. The summed E-state index contributed by atoms with van der Waals surface area (Å²) in [7, 11) is 0. The predicted octanol–water partition coefficient (Wildman–Crippen LogP) is 7.42. The standard InChI is InChI=1S/C26H33F3N6O2S2/c1-15(2)37-24(36)35-12-9-16(10-13-35)23-32-22(26(27,28)29)21(38-23)18-7-6-17(31-20-8-11-30-33-20)14-19(18)39-34-25(3,4)5/h6-8,11,14-16,34H,9-10,12-13H2,1-5H3,(H2,30,31,33). The predicted molar refractivity (Wildman–Crippen MR) is 148 cm³/mol. The zero-order valence-corrected chi connectivity index (χ0v) is 24.1. The Balaban J connectivity index is 1.65. The topological polar surface area (TPSA) is 95.2 Å². The number of ether oxygens (including phenoxy) is 1. The average Bonchev–Trinajstić information content (AvgIpc) is 3.52. The van der Waals surface area contributed by atoms with E-state index < -0.39 is 18.0 Å². The Hall–Kier alpha value is -2.77. The van der Waals surface area contributed by atoms with Gasteiger partial charge in [0.2, 0.25) is 0 Å². The molecule has 1 saturated heterocycles. The Bertz CT molecular complexity index is 1260. The number of nitrogens with one attached hydrogen (secondary N) is 3. The molecule has 0 bridgehead atoms. The molecular formula is C26H33F3N6O2S2. The lowest BCUT2D eigenvalue weighted by molar-refractivity contribution is -0.140. The number of hydrogen-bond acceptors (Lipinski definition) is 8. The number of rotatable bonds is 7. The summed E-state index contributed by atoms with van der Waals surface area (Å²) in [4.78, 5) is 18.7. The highest BCUT2D eigenvalue weighted by atomic mass is 32.2. The van der Waals surface area contributed by atoms with E-state index in [4.69, 9.17) is 4.74 Å². The van der Waals surface area contributed by atoms with Crippen LogP contribution in [0.5, 0.6) is 0 Å². The molecule has 0 radical (unpaired) electrons. The molecule has 1 aliphatic rings. The van der Waals surface area contributed by atoms with E-state index in [2.05, 4.69) is 25.2 Å². The number of halogens is 3. The highest BCUT2D eigenvalue weighted by molar-refractivity contribution is 7.97. The number of nitrogens with zero attached hydrogens (tertiary/aromatic N) is 3. The molecule has 0 unspecified atom stereocenters. The summed E-state index contributed by atoms with van der Waals surface area (Å²) in [5.41, 5.74) is 0.0163. The Morgan fingerprint density at radius 3 is 2.51 bits per heavy atom. The van der Waals surface area contributed by atoms with Crippen LogP contribution in [0.15, 0.2) is 35.4 Å². The normalized spacial score (nSPS) is 15.2. The van der Waals surface area contributed by atoms with E-state index in [-0.39, 0.29) is 22.4 Å². The van der Waals surface area contributed by atoms with E-state index in [1.165, 1.54) is 11.9 Å². The van der Waals surface area contributed by atoms with Gasteiger partial charge in [-0.15, -0.1) is 11.3 Å². The van der Waals surface area contributed by atoms with Crippen molar-refractivity contribution in [2.75, 3.05) is 18.4 Å². The second kappa shape index (κ2) is 11.8. The summed E-state index contributed by atoms with van der Waals surface area (Å²) in [5.74, 6) is 0.500. The fourth-order valence-electron chi connectivity index (χ4n) is 4.03. The molecule has 3 aromatic rings. The Kier molecular flexibility index (Phi) is 8.82. The van der Waals surface area contributed by atoms with Gasteiger partial charge in [0.05, 0.1) is 22.2 Å². The number of thiazole rings is 1. The van der Waals surface area contributed by atoms with Crippen molar-refractivity contribution in [2.24, 2.45) is 0 Å². The summed E-state index contributed by atoms with van der Waals surface area (Å²) in [5, 5.41) is 10.4. The minimum absolute atomic E-state index is 0.0884. The lowest BCUT2D eigenvalue weighted by Crippen LogP contribution is -2.39. The number of carbonyl (C=O) groups is 1. The van der Waals surface area contributed by atoms with Gasteiger partial charge in [0.1, 0.15) is 5.82 Å². The molecule has 3 N–H and O–H groups in total. The molecule has 39 heavy (non-hydrogen) atoms. The molecule has 4 rings (SSSR count). The van der Waals surface area contributed by atoms with Crippen LogP contribution in [0.3, 0.4) is 0 Å². The van der Waals surface area contributed by atoms with Crippen molar-refractivity contribution in [3.8, 4) is 10.4 Å². The first kappa shape index (κ1) is 29.2. The van der Waals surface area contributed by atoms with Crippen molar-refractivity contribution >= 4 is 40.9 Å². The number of H-pyrrole nitrogens is 1. The summed E-state index contributed by atoms with van der Waals surface area (Å²) in [6.07, 6.45) is -2.57. The van der Waals surface area contributed by atoms with E-state index in [9.17, 15) is 18.0 Å². The number of hydrogen-bond donors (Lipinski definition) is 3. The molecule has 1 amide bonds. The van der Waals surface area contributed by atoms with Crippen molar-refractivity contribution in [3.05, 3.63) is 41.2 Å². The van der Waals surface area contributed by atoms with Crippen LogP contribution in [-0.4, -0.2) is 50.9 Å². The zero-order valence-electron chi connectivity index (χ0n) is 22.5. The van der Waals surface area contributed by atoms with E-state index >= 15 is 0 Å². The van der Waals surface area contributed by atoms with Gasteiger partial charge in [0.25, 0.3) is 0 Å². The molecule has 212 valence electrons. The molecular weight excluding hydrogens is 549 g/mol. The quantitative estimate of drug-likeness (QED) is 0.250. The third-order valence-corrected chi connectivity index (χ3v) is 8.35. The Labute approximate surface area is 234 Å². The van der Waals surface area contributed by atoms with Gasteiger partial charge in [0, 0.05) is 46.8 Å². The third-order valence-electron chi connectivity index (χ3n) is 5.82. The Morgan fingerprint density at radius 2 is 1.92 bits per heavy atom. The van der Waals surface area contributed by atoms with Crippen molar-refractivity contribution < 1.29 is 22.7 Å². The molecule has 0 spiro atoms. The minimum atomic E-state index is -4.61. The van der Waals surface area contributed by atoms with Crippen LogP contribution in [0.4, 0.5) is 29.5 Å². The number of amides is 1. The summed E-state index contributed by atoms with van der Waals surface area (Å²) in [6, 6.07) is 7.02. The van der Waals surface area contributed by atoms with Crippen LogP contribution in [0.2, 0.25) is 0 Å². The zero-order chi connectivity index (χ0) is 28.4. The molecule has 3 heterocycles. The average molecular weight is 583 g/mol. The number of anilines is 2. The first-order valence-corrected chi connectivity index (χ1v) is 14.3. The molecule has 8 nitrogen and oxygen atoms in total. The molecule has 1 aliphatic heterocycles. The number of aromatic amines is 1. The lowest BCUT2D eigenvalue weighted by Gasteiger charge is -2.30. The summed E-state index contributed by atoms with van der Waals surface area (Å²) in [6.45, 7) is 10.4. The van der Waals surface area contributed by atoms with Crippen LogP contribution in [-0.2, 0) is 10.9 Å². The maximum absolute atomic E-state index is 14.3. The maximum Gasteiger partial charge on any atom is 0.434 e. The third kappa shape index (κ3) is 7.67. The highest BCUT2D eigenvalue weighted by Crippen LogP contribution is 2.46. The number of piperidine rings is 1. The van der Waals surface area contributed by atoms with Crippen molar-refractivity contribution in [3.63, 3.8) is 0 Å². The molecule has 13 heteroatoms. The van der Waals surface area contributed by atoms with Gasteiger partial charge in [-0.2, -0.15) is 18.3 Å². The van der Waals surface area contributed by atoms with Gasteiger partial charge in [-0.1, -0.05) is 6.07 Å². The van der Waals surface area contributed by atoms with E-state index in [0.717, 1.165) is 11.3 Å². The van der Waals surface area contributed by atoms with E-state index in [1.807, 2.05) is 26.8 Å². The number of carbonyl (C=O) groups excluding carboxylic acids is 1. The van der Waals surface area contributed by atoms with Gasteiger partial charge in [0.15, 0.2) is 5.69 Å². The minimum Gasteiger partial charge on any atom is -0.447 e. The second-order valence-electron chi connectivity index (χ2n) is 10.7. The fourth-order valence-corrected chi connectivity index (χ4v) is 6.27. The molecule has 0 saturated carbocycles. The molecule has 1 fully saturated rings. The number of likely N-dealkylation sites (tertiary alicyclic amines) is 1. The number of benzene rings is 1. The fraction of sp³-hybridized carbons (Fsp3) is 0.500. The van der Waals surface area contributed by atoms with Crippen molar-refractivity contribution in [1.82, 2.24) is 24.8 Å². The van der Waals surface area contributed by atoms with E-state index in [0.29, 0.717) is 52.9 Å². The van der Waals surface area contributed by atoms with Crippen LogP contribution >= 0.6 is 23.3 Å². The van der Waals surface area contributed by atoms with Crippen LogP contribution in [0.1, 0.15) is 64.1 Å². The van der Waals surface area contributed by atoms with Gasteiger partial charge in [-0.3, -0.25) is 9.82 Å². The Morgan fingerprint density at radius 1 is 1.21 bits per heavy atom. The first-order chi connectivity index (χ1) is 18.3. The van der Waals surface area contributed by atoms with Crippen LogP contribution in [0.25, 0.3) is 10.4 Å². The van der Waals surface area contributed by atoms with Crippen molar-refractivity contribution in [1.29, 1.82) is 0 Å². The van der Waals surface area contributed by atoms with Gasteiger partial charge in [-0.05, 0) is 71.5 Å². The largest absolute Gasteiger partial charge is 0.447 e. The maximum atomic E-state index is 14.3. The summed E-state index contributed by atoms with van der Waals surface area (Å²) >= 11 is 2.37. The SMILES string of the molecule is CC(C)OC(=O)N1CCC(c2nc(C(F)(F)F)c(-c3ccc(Nc4ccn[nH]4)cc3SNC(C)(C)C)s2)CC1. The highest BCUT2D eigenvalue weighted by Gasteiger charge is 2.40. The van der Waals surface area contributed by atoms with Gasteiger partial charge < -0.3 is 15.0 Å². The molecule has 1 aromatic carbocycles. The summed E-state index contributed by atoms with van der Waals surface area (Å²) < 4.78 is 51.4. The van der Waals surface area contributed by atoms with Crippen molar-refractivity contribution in [2.45, 2.75) is 76.1 Å². The monoisotopic (exact) mass is 582 g/mol. The second-order valence-corrected chi connectivity index (χ2v) is 12.6. The molecule has 0 aliphatic carbocycles. The number of alkyl halides is 3. The van der Waals surface area contributed by atoms with Crippen LogP contribution < -0.4 is 10.0 Å². The van der Waals surface area contributed by atoms with Gasteiger partial charge in [-0.25, -0.2) is 9.78 Å². The first-order valence-electron chi connectivity index (χ1n) is 12.7. The lowest BCUT2D eigenvalue weighted by atomic mass is 9.98. The van der Waals surface area contributed by atoms with Gasteiger partial charge >= 0.3 is 12.3 Å². The van der Waals surface area contributed by atoms with Crippen LogP contribution in [0, 0.1) is 0 Å². The van der Waals surface area contributed by atoms with E-state index in [1.54, 1.807) is 43.1 Å².